The fraction of sp³-hybridized carbons (Fsp3) is 0.250. The van der Waals surface area contributed by atoms with Gasteiger partial charge in [-0.1, -0.05) is 76.6 Å². The Kier molecular flexibility index (Phi) is 8.38. The number of halogens is 1. The summed E-state index contributed by atoms with van der Waals surface area (Å²) in [6.07, 6.45) is 0.0487. The number of fused-ring (bicyclic) bond motifs is 1. The summed E-state index contributed by atoms with van der Waals surface area (Å²) in [5.41, 5.74) is 9.86. The number of hydrogen-bond acceptors (Lipinski definition) is 5. The summed E-state index contributed by atoms with van der Waals surface area (Å²) in [5, 5.41) is 0.782. The average Bonchev–Trinajstić information content (AvgIpc) is 3.23. The van der Waals surface area contributed by atoms with Crippen molar-refractivity contribution in [3.05, 3.63) is 101 Å². The van der Waals surface area contributed by atoms with E-state index < -0.39 is 17.9 Å². The number of rotatable bonds is 11. The van der Waals surface area contributed by atoms with Crippen molar-refractivity contribution in [3.63, 3.8) is 0 Å². The molecule has 1 unspecified atom stereocenters. The van der Waals surface area contributed by atoms with Gasteiger partial charge in [-0.25, -0.2) is 0 Å². The fourth-order valence-corrected chi connectivity index (χ4v) is 4.49. The SMILES string of the molecule is NC(=O)C(CCC(=O)OCc1ccccc1)N1Cc2c(OCc3ccc(CBr)cc3)cccc2C1=O. The van der Waals surface area contributed by atoms with E-state index in [1.165, 1.54) is 10.5 Å². The van der Waals surface area contributed by atoms with E-state index in [0.29, 0.717) is 23.5 Å². The molecule has 1 atom stereocenters. The monoisotopic (exact) mass is 550 g/mol. The summed E-state index contributed by atoms with van der Waals surface area (Å²) in [6.45, 7) is 0.674. The van der Waals surface area contributed by atoms with Gasteiger partial charge < -0.3 is 20.1 Å². The van der Waals surface area contributed by atoms with Crippen LogP contribution < -0.4 is 10.5 Å². The Morgan fingerprint density at radius 1 is 0.917 bits per heavy atom. The lowest BCUT2D eigenvalue weighted by molar-refractivity contribution is -0.145. The third-order valence-corrected chi connectivity index (χ3v) is 6.74. The Bertz CT molecular complexity index is 1230. The van der Waals surface area contributed by atoms with Crippen molar-refractivity contribution in [2.75, 3.05) is 0 Å². The number of amides is 2. The molecule has 0 aliphatic carbocycles. The van der Waals surface area contributed by atoms with Crippen LogP contribution >= 0.6 is 15.9 Å². The maximum absolute atomic E-state index is 13.1. The van der Waals surface area contributed by atoms with Crippen molar-refractivity contribution in [2.45, 2.75) is 44.0 Å². The van der Waals surface area contributed by atoms with E-state index in [4.69, 9.17) is 15.2 Å². The largest absolute Gasteiger partial charge is 0.489 e. The number of carbonyl (C=O) groups is 3. The molecule has 0 spiro atoms. The number of benzene rings is 3. The smallest absolute Gasteiger partial charge is 0.306 e. The second-order valence-electron chi connectivity index (χ2n) is 8.56. The molecular formula is C28H27BrN2O5. The molecule has 186 valence electrons. The van der Waals surface area contributed by atoms with Gasteiger partial charge in [-0.15, -0.1) is 0 Å². The normalized spacial score (nSPS) is 13.2. The zero-order valence-electron chi connectivity index (χ0n) is 19.7. The maximum atomic E-state index is 13.1. The quantitative estimate of drug-likeness (QED) is 0.280. The number of esters is 1. The van der Waals surface area contributed by atoms with Crippen molar-refractivity contribution in [2.24, 2.45) is 5.73 Å². The van der Waals surface area contributed by atoms with Gasteiger partial charge in [-0.3, -0.25) is 14.4 Å². The van der Waals surface area contributed by atoms with E-state index in [9.17, 15) is 14.4 Å². The van der Waals surface area contributed by atoms with Crippen LogP contribution in [-0.2, 0) is 39.4 Å². The third kappa shape index (κ3) is 6.12. The van der Waals surface area contributed by atoms with Gasteiger partial charge >= 0.3 is 5.97 Å². The summed E-state index contributed by atoms with van der Waals surface area (Å²) >= 11 is 3.43. The van der Waals surface area contributed by atoms with Gasteiger partial charge in [0.15, 0.2) is 0 Å². The Morgan fingerprint density at radius 2 is 1.61 bits per heavy atom. The van der Waals surface area contributed by atoms with Gasteiger partial charge in [0.2, 0.25) is 5.91 Å². The van der Waals surface area contributed by atoms with E-state index in [1.807, 2.05) is 60.7 Å². The van der Waals surface area contributed by atoms with E-state index in [1.54, 1.807) is 12.1 Å². The first-order chi connectivity index (χ1) is 17.5. The molecule has 1 aliphatic heterocycles. The maximum Gasteiger partial charge on any atom is 0.306 e. The first-order valence-corrected chi connectivity index (χ1v) is 12.8. The summed E-state index contributed by atoms with van der Waals surface area (Å²) in [7, 11) is 0. The van der Waals surface area contributed by atoms with Crippen molar-refractivity contribution < 1.29 is 23.9 Å². The Balaban J connectivity index is 1.39. The molecule has 7 nitrogen and oxygen atoms in total. The van der Waals surface area contributed by atoms with Crippen molar-refractivity contribution in [1.29, 1.82) is 0 Å². The number of nitrogens with two attached hydrogens (primary N) is 1. The predicted octanol–water partition coefficient (Wildman–Crippen LogP) is 4.49. The van der Waals surface area contributed by atoms with Gasteiger partial charge in [0.25, 0.3) is 5.91 Å². The lowest BCUT2D eigenvalue weighted by atomic mass is 10.1. The molecular weight excluding hydrogens is 524 g/mol. The first-order valence-electron chi connectivity index (χ1n) is 11.6. The highest BCUT2D eigenvalue weighted by atomic mass is 79.9. The second kappa shape index (κ2) is 11.9. The van der Waals surface area contributed by atoms with Gasteiger partial charge in [-0.2, -0.15) is 0 Å². The van der Waals surface area contributed by atoms with E-state index in [2.05, 4.69) is 15.9 Å². The van der Waals surface area contributed by atoms with E-state index in [-0.39, 0.29) is 31.9 Å². The Morgan fingerprint density at radius 3 is 2.31 bits per heavy atom. The van der Waals surface area contributed by atoms with Crippen LogP contribution in [0.1, 0.15) is 45.5 Å². The average molecular weight is 551 g/mol. The number of carbonyl (C=O) groups excluding carboxylic acids is 3. The van der Waals surface area contributed by atoms with Gasteiger partial charge in [0.1, 0.15) is 25.0 Å². The highest BCUT2D eigenvalue weighted by molar-refractivity contribution is 9.08. The lowest BCUT2D eigenvalue weighted by Gasteiger charge is -2.25. The predicted molar refractivity (Wildman–Crippen MR) is 138 cm³/mol. The highest BCUT2D eigenvalue weighted by Gasteiger charge is 2.37. The number of ether oxygens (including phenoxy) is 2. The second-order valence-corrected chi connectivity index (χ2v) is 9.12. The number of primary amides is 1. The van der Waals surface area contributed by atoms with Crippen LogP contribution in [0.3, 0.4) is 0 Å². The van der Waals surface area contributed by atoms with Crippen molar-refractivity contribution in [3.8, 4) is 5.75 Å². The molecule has 0 aromatic heterocycles. The standard InChI is InChI=1S/C28H27BrN2O5/c29-15-19-9-11-21(12-10-19)17-35-25-8-4-7-22-23(25)16-31(28(22)34)24(27(30)33)13-14-26(32)36-18-20-5-2-1-3-6-20/h1-12,24H,13-18H2,(H2,30,33). The minimum absolute atomic E-state index is 0.0334. The fourth-order valence-electron chi connectivity index (χ4n) is 4.12. The molecule has 3 aromatic rings. The Labute approximate surface area is 218 Å². The molecule has 2 N–H and O–H groups in total. The molecule has 2 amide bonds. The van der Waals surface area contributed by atoms with Crippen LogP contribution in [0.4, 0.5) is 0 Å². The number of nitrogens with zero attached hydrogens (tertiary/aromatic N) is 1. The van der Waals surface area contributed by atoms with E-state index >= 15 is 0 Å². The summed E-state index contributed by atoms with van der Waals surface area (Å²) in [4.78, 5) is 39.1. The van der Waals surface area contributed by atoms with Crippen molar-refractivity contribution >= 4 is 33.7 Å². The highest BCUT2D eigenvalue weighted by Crippen LogP contribution is 2.33. The lowest BCUT2D eigenvalue weighted by Crippen LogP contribution is -2.45. The van der Waals surface area contributed by atoms with Gasteiger partial charge in [0.05, 0.1) is 6.54 Å². The molecule has 3 aromatic carbocycles. The molecule has 1 heterocycles. The topological polar surface area (TPSA) is 98.9 Å². The van der Waals surface area contributed by atoms with Crippen LogP contribution in [-0.4, -0.2) is 28.7 Å². The minimum atomic E-state index is -0.932. The van der Waals surface area contributed by atoms with Gasteiger partial charge in [0, 0.05) is 22.9 Å². The molecule has 36 heavy (non-hydrogen) atoms. The van der Waals surface area contributed by atoms with Crippen molar-refractivity contribution in [1.82, 2.24) is 4.90 Å². The van der Waals surface area contributed by atoms with Crippen LogP contribution in [0.15, 0.2) is 72.8 Å². The molecule has 0 radical (unpaired) electrons. The molecule has 0 saturated carbocycles. The van der Waals surface area contributed by atoms with Gasteiger partial charge in [-0.05, 0) is 35.2 Å². The molecule has 8 heteroatoms. The number of hydrogen-bond donors (Lipinski definition) is 1. The molecule has 1 aliphatic rings. The zero-order chi connectivity index (χ0) is 25.5. The summed E-state index contributed by atoms with van der Waals surface area (Å²) in [5.74, 6) is -0.845. The third-order valence-electron chi connectivity index (χ3n) is 6.09. The Hall–Kier alpha value is -3.65. The molecule has 0 fully saturated rings. The molecule has 0 bridgehead atoms. The molecule has 4 rings (SSSR count). The van der Waals surface area contributed by atoms with Crippen LogP contribution in [0.5, 0.6) is 5.75 Å². The van der Waals surface area contributed by atoms with E-state index in [0.717, 1.165) is 16.5 Å². The van der Waals surface area contributed by atoms with Crippen LogP contribution in [0.2, 0.25) is 0 Å². The summed E-state index contributed by atoms with van der Waals surface area (Å²) in [6, 6.07) is 21.7. The summed E-state index contributed by atoms with van der Waals surface area (Å²) < 4.78 is 11.3. The molecule has 0 saturated heterocycles. The minimum Gasteiger partial charge on any atom is -0.489 e. The first kappa shape index (κ1) is 25.4. The van der Waals surface area contributed by atoms with Crippen LogP contribution in [0.25, 0.3) is 0 Å². The number of alkyl halides is 1. The van der Waals surface area contributed by atoms with Crippen LogP contribution in [0, 0.1) is 0 Å². The zero-order valence-corrected chi connectivity index (χ0v) is 21.3.